The van der Waals surface area contributed by atoms with Gasteiger partial charge < -0.3 is 14.8 Å². The van der Waals surface area contributed by atoms with Crippen molar-refractivity contribution in [2.24, 2.45) is 0 Å². The van der Waals surface area contributed by atoms with Gasteiger partial charge in [-0.3, -0.25) is 4.79 Å². The lowest BCUT2D eigenvalue weighted by Gasteiger charge is -2.14. The maximum Gasteiger partial charge on any atom is 0.266 e. The molecule has 0 aliphatic carbocycles. The Hall–Kier alpha value is -3.31. The minimum absolute atomic E-state index is 0.000453. The second kappa shape index (κ2) is 11.0. The summed E-state index contributed by atoms with van der Waals surface area (Å²) in [6.45, 7) is 6.43. The third kappa shape index (κ3) is 6.36. The predicted octanol–water partition coefficient (Wildman–Crippen LogP) is 6.35. The minimum Gasteiger partial charge on any atom is -0.493 e. The largest absolute Gasteiger partial charge is 0.493 e. The highest BCUT2D eigenvalue weighted by Gasteiger charge is 2.14. The van der Waals surface area contributed by atoms with Crippen molar-refractivity contribution in [1.29, 1.82) is 5.26 Å². The number of halogens is 1. The van der Waals surface area contributed by atoms with E-state index in [9.17, 15) is 10.1 Å². The Bertz CT molecular complexity index is 1260. The Morgan fingerprint density at radius 2 is 1.88 bits per heavy atom. The van der Waals surface area contributed by atoms with Gasteiger partial charge >= 0.3 is 0 Å². The molecule has 168 valence electrons. The molecule has 0 aliphatic heterocycles. The number of nitrogens with one attached hydrogen (secondary N) is 1. The summed E-state index contributed by atoms with van der Waals surface area (Å²) >= 11 is 2.17. The number of benzene rings is 3. The molecule has 0 saturated carbocycles. The van der Waals surface area contributed by atoms with Gasteiger partial charge in [0.25, 0.3) is 5.91 Å². The predicted molar refractivity (Wildman–Crippen MR) is 139 cm³/mol. The number of nitriles is 1. The first kappa shape index (κ1) is 24.3. The van der Waals surface area contributed by atoms with Crippen molar-refractivity contribution < 1.29 is 14.3 Å². The third-order valence-corrected chi connectivity index (χ3v) is 5.96. The second-order valence-corrected chi connectivity index (χ2v) is 8.90. The Morgan fingerprint density at radius 3 is 2.55 bits per heavy atom. The van der Waals surface area contributed by atoms with Gasteiger partial charge in [0.05, 0.1) is 10.7 Å². The van der Waals surface area contributed by atoms with Gasteiger partial charge in [-0.05, 0) is 96.0 Å². The molecule has 3 aromatic carbocycles. The zero-order chi connectivity index (χ0) is 24.0. The fourth-order valence-corrected chi connectivity index (χ4v) is 4.03. The lowest BCUT2D eigenvalue weighted by atomic mass is 10.1. The highest BCUT2D eigenvalue weighted by Crippen LogP contribution is 2.35. The van der Waals surface area contributed by atoms with E-state index in [4.69, 9.17) is 9.47 Å². The van der Waals surface area contributed by atoms with Crippen LogP contribution in [0, 0.1) is 35.7 Å². The summed E-state index contributed by atoms with van der Waals surface area (Å²) in [4.78, 5) is 12.7. The Kier molecular flexibility index (Phi) is 8.12. The van der Waals surface area contributed by atoms with Gasteiger partial charge in [0.1, 0.15) is 18.2 Å². The van der Waals surface area contributed by atoms with Crippen molar-refractivity contribution in [3.05, 3.63) is 91.6 Å². The molecule has 1 N–H and O–H groups in total. The van der Waals surface area contributed by atoms with Gasteiger partial charge in [0.2, 0.25) is 0 Å². The van der Waals surface area contributed by atoms with Crippen LogP contribution >= 0.6 is 22.6 Å². The number of carbonyl (C=O) groups excluding carboxylic acids is 1. The van der Waals surface area contributed by atoms with E-state index in [-0.39, 0.29) is 5.57 Å². The lowest BCUT2D eigenvalue weighted by Crippen LogP contribution is -2.13. The van der Waals surface area contributed by atoms with Crippen molar-refractivity contribution >= 4 is 40.3 Å². The number of methoxy groups -OCH3 is 1. The number of ether oxygens (including phenoxy) is 2. The van der Waals surface area contributed by atoms with Crippen LogP contribution in [0.3, 0.4) is 0 Å². The van der Waals surface area contributed by atoms with E-state index in [1.165, 1.54) is 5.56 Å². The minimum atomic E-state index is -0.463. The van der Waals surface area contributed by atoms with E-state index in [1.807, 2.05) is 69.3 Å². The number of amides is 1. The molecule has 0 saturated heterocycles. The van der Waals surface area contributed by atoms with Gasteiger partial charge in [-0.15, -0.1) is 0 Å². The fraction of sp³-hybridized carbons (Fsp3) is 0.185. The molecule has 0 aromatic heterocycles. The maximum atomic E-state index is 12.7. The number of hydrogen-bond acceptors (Lipinski definition) is 4. The average molecular weight is 552 g/mol. The molecular formula is C27H25IN2O3. The number of rotatable bonds is 7. The molecule has 0 bridgehead atoms. The molecule has 0 aliphatic rings. The Morgan fingerprint density at radius 1 is 1.09 bits per heavy atom. The van der Waals surface area contributed by atoms with Gasteiger partial charge in [-0.25, -0.2) is 0 Å². The maximum absolute atomic E-state index is 12.7. The first-order valence-corrected chi connectivity index (χ1v) is 11.4. The van der Waals surface area contributed by atoms with E-state index in [0.29, 0.717) is 29.4 Å². The number of carbonyl (C=O) groups is 1. The van der Waals surface area contributed by atoms with Crippen molar-refractivity contribution in [3.8, 4) is 17.6 Å². The van der Waals surface area contributed by atoms with Crippen LogP contribution in [0.25, 0.3) is 6.08 Å². The van der Waals surface area contributed by atoms with Crippen LogP contribution in [-0.2, 0) is 11.4 Å². The normalized spacial score (nSPS) is 11.0. The summed E-state index contributed by atoms with van der Waals surface area (Å²) in [7, 11) is 1.57. The molecule has 0 atom stereocenters. The summed E-state index contributed by atoms with van der Waals surface area (Å²) < 4.78 is 12.4. The fourth-order valence-electron chi connectivity index (χ4n) is 3.25. The topological polar surface area (TPSA) is 71.3 Å². The second-order valence-electron chi connectivity index (χ2n) is 7.73. The molecule has 0 spiro atoms. The highest BCUT2D eigenvalue weighted by molar-refractivity contribution is 14.1. The highest BCUT2D eigenvalue weighted by atomic mass is 127. The first-order chi connectivity index (χ1) is 15.8. The zero-order valence-corrected chi connectivity index (χ0v) is 21.2. The lowest BCUT2D eigenvalue weighted by molar-refractivity contribution is -0.112. The molecule has 5 nitrogen and oxygen atoms in total. The molecule has 0 fully saturated rings. The smallest absolute Gasteiger partial charge is 0.266 e. The van der Waals surface area contributed by atoms with E-state index >= 15 is 0 Å². The van der Waals surface area contributed by atoms with E-state index in [1.54, 1.807) is 19.3 Å². The molecule has 0 unspecified atom stereocenters. The van der Waals surface area contributed by atoms with E-state index < -0.39 is 5.91 Å². The quantitative estimate of drug-likeness (QED) is 0.211. The Balaban J connectivity index is 1.82. The molecule has 33 heavy (non-hydrogen) atoms. The zero-order valence-electron chi connectivity index (χ0n) is 19.0. The summed E-state index contributed by atoms with van der Waals surface area (Å²) in [6.07, 6.45) is 1.55. The number of hydrogen-bond donors (Lipinski definition) is 1. The standard InChI is InChI=1S/C27H25IN2O3/c1-17-6-5-7-20(10-17)16-33-26-24(28)13-21(14-25(26)32-4)12-22(15-29)27(31)30-23-9-8-18(2)19(3)11-23/h5-14H,16H2,1-4H3,(H,30,31)/b22-12+. The molecule has 1 amide bonds. The van der Waals surface area contributed by atoms with Crippen molar-refractivity contribution in [2.75, 3.05) is 12.4 Å². The summed E-state index contributed by atoms with van der Waals surface area (Å²) in [5, 5.41) is 12.4. The number of aryl methyl sites for hydroxylation is 3. The number of nitrogens with zero attached hydrogens (tertiary/aromatic N) is 1. The molecule has 3 aromatic rings. The van der Waals surface area contributed by atoms with Crippen LogP contribution in [0.15, 0.2) is 60.2 Å². The number of anilines is 1. The van der Waals surface area contributed by atoms with Crippen LogP contribution in [0.1, 0.15) is 27.8 Å². The molecule has 3 rings (SSSR count). The Labute approximate surface area is 208 Å². The van der Waals surface area contributed by atoms with Crippen molar-refractivity contribution in [1.82, 2.24) is 0 Å². The van der Waals surface area contributed by atoms with Crippen molar-refractivity contribution in [2.45, 2.75) is 27.4 Å². The average Bonchev–Trinajstić information content (AvgIpc) is 2.78. The van der Waals surface area contributed by atoms with Gasteiger partial charge in [-0.2, -0.15) is 5.26 Å². The molecule has 6 heteroatoms. The molecule has 0 radical (unpaired) electrons. The SMILES string of the molecule is COc1cc(/C=C(\C#N)C(=O)Nc2ccc(C)c(C)c2)cc(I)c1OCc1cccc(C)c1. The van der Waals surface area contributed by atoms with Crippen LogP contribution in [0.4, 0.5) is 5.69 Å². The van der Waals surface area contributed by atoms with E-state index in [0.717, 1.165) is 20.3 Å². The van der Waals surface area contributed by atoms with Crippen LogP contribution in [0.2, 0.25) is 0 Å². The first-order valence-electron chi connectivity index (χ1n) is 10.4. The van der Waals surface area contributed by atoms with Crippen LogP contribution in [-0.4, -0.2) is 13.0 Å². The van der Waals surface area contributed by atoms with E-state index in [2.05, 4.69) is 34.0 Å². The molecular weight excluding hydrogens is 527 g/mol. The van der Waals surface area contributed by atoms with Gasteiger partial charge in [0.15, 0.2) is 11.5 Å². The van der Waals surface area contributed by atoms with Crippen molar-refractivity contribution in [3.63, 3.8) is 0 Å². The summed E-state index contributed by atoms with van der Waals surface area (Å²) in [5.74, 6) is 0.692. The van der Waals surface area contributed by atoms with Crippen LogP contribution < -0.4 is 14.8 Å². The monoisotopic (exact) mass is 552 g/mol. The third-order valence-electron chi connectivity index (χ3n) is 5.16. The van der Waals surface area contributed by atoms with Crippen LogP contribution in [0.5, 0.6) is 11.5 Å². The molecule has 0 heterocycles. The van der Waals surface area contributed by atoms with Gasteiger partial charge in [-0.1, -0.05) is 35.9 Å². The summed E-state index contributed by atoms with van der Waals surface area (Å²) in [5.41, 5.74) is 5.75. The summed E-state index contributed by atoms with van der Waals surface area (Å²) in [6, 6.07) is 19.4. The van der Waals surface area contributed by atoms with Gasteiger partial charge in [0, 0.05) is 5.69 Å².